The van der Waals surface area contributed by atoms with Crippen LogP contribution in [0.5, 0.6) is 0 Å². The van der Waals surface area contributed by atoms with E-state index in [4.69, 9.17) is 0 Å². The van der Waals surface area contributed by atoms with Crippen LogP contribution in [0.4, 0.5) is 0 Å². The summed E-state index contributed by atoms with van der Waals surface area (Å²) in [6.07, 6.45) is 2.63. The Morgan fingerprint density at radius 3 is 1.88 bits per heavy atom. The predicted octanol–water partition coefficient (Wildman–Crippen LogP) is 2.82. The molecule has 0 aliphatic rings. The van der Waals surface area contributed by atoms with Gasteiger partial charge in [-0.05, 0) is 61.4 Å². The van der Waals surface area contributed by atoms with Crippen molar-refractivity contribution >= 4 is 11.8 Å². The zero-order chi connectivity index (χ0) is 18.5. The number of carbonyl (C=O) groups excluding carboxylic acids is 2. The van der Waals surface area contributed by atoms with Crippen LogP contribution in [0.3, 0.4) is 0 Å². The molecule has 6 heteroatoms. The normalized spacial score (nSPS) is 10.4. The summed E-state index contributed by atoms with van der Waals surface area (Å²) >= 11 is 0. The van der Waals surface area contributed by atoms with Crippen LogP contribution in [-0.4, -0.2) is 21.6 Å². The molecule has 2 amide bonds. The Morgan fingerprint density at radius 2 is 1.42 bits per heavy atom. The lowest BCUT2D eigenvalue weighted by atomic mass is 10.1. The van der Waals surface area contributed by atoms with E-state index < -0.39 is 0 Å². The molecule has 0 bridgehead atoms. The van der Waals surface area contributed by atoms with Crippen molar-refractivity contribution in [3.8, 4) is 5.69 Å². The molecular weight excluding hydrogens is 328 g/mol. The molecule has 1 heterocycles. The van der Waals surface area contributed by atoms with Crippen LogP contribution in [0.1, 0.15) is 38.9 Å². The second-order valence-electron chi connectivity index (χ2n) is 5.89. The van der Waals surface area contributed by atoms with Gasteiger partial charge in [-0.1, -0.05) is 19.1 Å². The van der Waals surface area contributed by atoms with E-state index >= 15 is 0 Å². The minimum absolute atomic E-state index is 0.357. The molecule has 2 aromatic carbocycles. The highest BCUT2D eigenvalue weighted by atomic mass is 16.2. The summed E-state index contributed by atoms with van der Waals surface area (Å²) in [5, 5.41) is 4.23. The first kappa shape index (κ1) is 17.4. The largest absolute Gasteiger partial charge is 0.269 e. The van der Waals surface area contributed by atoms with E-state index in [9.17, 15) is 9.59 Å². The van der Waals surface area contributed by atoms with Crippen LogP contribution >= 0.6 is 0 Å². The fraction of sp³-hybridized carbons (Fsp3) is 0.150. The maximum Gasteiger partial charge on any atom is 0.269 e. The first-order valence-corrected chi connectivity index (χ1v) is 8.39. The fourth-order valence-electron chi connectivity index (χ4n) is 2.54. The summed E-state index contributed by atoms with van der Waals surface area (Å²) in [4.78, 5) is 24.3. The van der Waals surface area contributed by atoms with Gasteiger partial charge in [0, 0.05) is 23.0 Å². The van der Waals surface area contributed by atoms with Crippen LogP contribution in [0.25, 0.3) is 5.69 Å². The van der Waals surface area contributed by atoms with Crippen LogP contribution < -0.4 is 10.9 Å². The molecule has 3 aromatic rings. The molecule has 0 saturated heterocycles. The monoisotopic (exact) mass is 348 g/mol. The quantitative estimate of drug-likeness (QED) is 0.712. The summed E-state index contributed by atoms with van der Waals surface area (Å²) in [5.41, 5.74) is 8.82. The predicted molar refractivity (Wildman–Crippen MR) is 99.1 cm³/mol. The smallest absolute Gasteiger partial charge is 0.267 e. The summed E-state index contributed by atoms with van der Waals surface area (Å²) in [7, 11) is 0. The highest BCUT2D eigenvalue weighted by molar-refractivity contribution is 5.99. The van der Waals surface area contributed by atoms with Crippen molar-refractivity contribution in [2.45, 2.75) is 20.3 Å². The van der Waals surface area contributed by atoms with Gasteiger partial charge >= 0.3 is 0 Å². The lowest BCUT2D eigenvalue weighted by molar-refractivity contribution is 0.0846. The maximum absolute atomic E-state index is 12.2. The molecule has 26 heavy (non-hydrogen) atoms. The number of hydrogen-bond acceptors (Lipinski definition) is 3. The summed E-state index contributed by atoms with van der Waals surface area (Å²) in [6.45, 7) is 4.00. The zero-order valence-electron chi connectivity index (χ0n) is 14.7. The second kappa shape index (κ2) is 7.65. The van der Waals surface area contributed by atoms with Gasteiger partial charge < -0.3 is 0 Å². The number of aryl methyl sites for hydroxylation is 2. The van der Waals surface area contributed by atoms with E-state index in [1.54, 1.807) is 47.3 Å². The molecule has 2 N–H and O–H groups in total. The molecule has 0 aliphatic heterocycles. The number of amides is 2. The van der Waals surface area contributed by atoms with Gasteiger partial charge in [-0.3, -0.25) is 20.4 Å². The molecule has 0 atom stereocenters. The molecule has 0 aliphatic carbocycles. The molecule has 6 nitrogen and oxygen atoms in total. The SMILES string of the molecule is CCc1ccc(C(=O)NNC(=O)c2ccc(-n3nccc3C)cc2)cc1. The molecular formula is C20H20N4O2. The number of aromatic nitrogens is 2. The minimum Gasteiger partial charge on any atom is -0.267 e. The minimum atomic E-state index is -0.382. The Balaban J connectivity index is 1.61. The van der Waals surface area contributed by atoms with Gasteiger partial charge in [-0.25, -0.2) is 4.68 Å². The third-order valence-corrected chi connectivity index (χ3v) is 4.12. The Hall–Kier alpha value is -3.41. The van der Waals surface area contributed by atoms with Crippen molar-refractivity contribution in [2.24, 2.45) is 0 Å². The number of rotatable bonds is 4. The lowest BCUT2D eigenvalue weighted by Gasteiger charge is -2.09. The van der Waals surface area contributed by atoms with Gasteiger partial charge in [0.15, 0.2) is 0 Å². The highest BCUT2D eigenvalue weighted by Gasteiger charge is 2.10. The van der Waals surface area contributed by atoms with E-state index in [0.717, 1.165) is 23.4 Å². The summed E-state index contributed by atoms with van der Waals surface area (Å²) in [6, 6.07) is 16.2. The Morgan fingerprint density at radius 1 is 0.885 bits per heavy atom. The topological polar surface area (TPSA) is 76.0 Å². The van der Waals surface area contributed by atoms with Gasteiger partial charge in [0.2, 0.25) is 0 Å². The van der Waals surface area contributed by atoms with Crippen LogP contribution in [0, 0.1) is 6.92 Å². The van der Waals surface area contributed by atoms with Gasteiger partial charge in [0.1, 0.15) is 0 Å². The third-order valence-electron chi connectivity index (χ3n) is 4.12. The molecule has 0 unspecified atom stereocenters. The number of carbonyl (C=O) groups is 2. The molecule has 1 aromatic heterocycles. The van der Waals surface area contributed by atoms with Crippen LogP contribution in [-0.2, 0) is 6.42 Å². The van der Waals surface area contributed by atoms with Gasteiger partial charge in [0.05, 0.1) is 5.69 Å². The van der Waals surface area contributed by atoms with Crippen molar-refractivity contribution in [1.82, 2.24) is 20.6 Å². The van der Waals surface area contributed by atoms with Crippen molar-refractivity contribution < 1.29 is 9.59 Å². The molecule has 0 saturated carbocycles. The van der Waals surface area contributed by atoms with E-state index in [0.29, 0.717) is 11.1 Å². The van der Waals surface area contributed by atoms with Crippen molar-refractivity contribution in [3.63, 3.8) is 0 Å². The molecule has 0 radical (unpaired) electrons. The standard InChI is InChI=1S/C20H20N4O2/c1-3-15-4-6-16(7-5-15)19(25)22-23-20(26)17-8-10-18(11-9-17)24-14(2)12-13-21-24/h4-13H,3H2,1-2H3,(H,22,25)(H,23,26). The van der Waals surface area contributed by atoms with E-state index in [2.05, 4.69) is 16.0 Å². The number of hydrazine groups is 1. The van der Waals surface area contributed by atoms with Crippen LogP contribution in [0.2, 0.25) is 0 Å². The van der Waals surface area contributed by atoms with E-state index in [1.807, 2.05) is 32.0 Å². The zero-order valence-corrected chi connectivity index (χ0v) is 14.7. The molecule has 132 valence electrons. The molecule has 0 fully saturated rings. The van der Waals surface area contributed by atoms with Crippen molar-refractivity contribution in [1.29, 1.82) is 0 Å². The molecule has 0 spiro atoms. The summed E-state index contributed by atoms with van der Waals surface area (Å²) in [5.74, 6) is -0.739. The molecule has 3 rings (SSSR count). The van der Waals surface area contributed by atoms with Crippen molar-refractivity contribution in [3.05, 3.63) is 83.2 Å². The number of benzene rings is 2. The van der Waals surface area contributed by atoms with Crippen LogP contribution in [0.15, 0.2) is 60.8 Å². The first-order valence-electron chi connectivity index (χ1n) is 8.39. The lowest BCUT2D eigenvalue weighted by Crippen LogP contribution is -2.41. The average molecular weight is 348 g/mol. The van der Waals surface area contributed by atoms with Gasteiger partial charge in [-0.2, -0.15) is 5.10 Å². The van der Waals surface area contributed by atoms with Gasteiger partial charge in [-0.15, -0.1) is 0 Å². The van der Waals surface area contributed by atoms with E-state index in [1.165, 1.54) is 0 Å². The van der Waals surface area contributed by atoms with Gasteiger partial charge in [0.25, 0.3) is 11.8 Å². The average Bonchev–Trinajstić information content (AvgIpc) is 3.12. The summed E-state index contributed by atoms with van der Waals surface area (Å²) < 4.78 is 1.78. The first-order chi connectivity index (χ1) is 12.6. The maximum atomic E-state index is 12.2. The highest BCUT2D eigenvalue weighted by Crippen LogP contribution is 2.11. The second-order valence-corrected chi connectivity index (χ2v) is 5.89. The fourth-order valence-corrected chi connectivity index (χ4v) is 2.54. The number of nitrogens with zero attached hydrogens (tertiary/aromatic N) is 2. The number of hydrogen-bond donors (Lipinski definition) is 2. The van der Waals surface area contributed by atoms with Crippen molar-refractivity contribution in [2.75, 3.05) is 0 Å². The Bertz CT molecular complexity index is 912. The third kappa shape index (κ3) is 3.80. The Labute approximate surface area is 151 Å². The van der Waals surface area contributed by atoms with E-state index in [-0.39, 0.29) is 11.8 Å². The Kier molecular flexibility index (Phi) is 5.12. The number of nitrogens with one attached hydrogen (secondary N) is 2.